The molecule has 0 amide bonds. The van der Waals surface area contributed by atoms with Crippen LogP contribution in [0.1, 0.15) is 45.6 Å². The molecular formula is C29H27N3O5. The van der Waals surface area contributed by atoms with Crippen molar-refractivity contribution in [1.29, 1.82) is 0 Å². The first-order valence-corrected chi connectivity index (χ1v) is 12.5. The molecule has 0 saturated carbocycles. The third kappa shape index (κ3) is 4.13. The Hall–Kier alpha value is -4.17. The minimum absolute atomic E-state index is 0.00588. The lowest BCUT2D eigenvalue weighted by Gasteiger charge is -2.44. The summed E-state index contributed by atoms with van der Waals surface area (Å²) < 4.78 is 3.78. The smallest absolute Gasteiger partial charge is 0.335 e. The van der Waals surface area contributed by atoms with Gasteiger partial charge in [0.05, 0.1) is 5.56 Å². The minimum Gasteiger partial charge on any atom is -0.480 e. The van der Waals surface area contributed by atoms with Crippen molar-refractivity contribution < 1.29 is 19.8 Å². The number of rotatable bonds is 6. The zero-order valence-electron chi connectivity index (χ0n) is 20.2. The van der Waals surface area contributed by atoms with E-state index in [1.54, 1.807) is 24.3 Å². The minimum atomic E-state index is -1.02. The van der Waals surface area contributed by atoms with Crippen molar-refractivity contribution in [2.45, 2.75) is 31.5 Å². The Morgan fingerprint density at radius 1 is 0.946 bits per heavy atom. The van der Waals surface area contributed by atoms with Crippen molar-refractivity contribution in [1.82, 2.24) is 14.0 Å². The van der Waals surface area contributed by atoms with Gasteiger partial charge in [0.2, 0.25) is 0 Å². The lowest BCUT2D eigenvalue weighted by atomic mass is 9.82. The highest BCUT2D eigenvalue weighted by molar-refractivity contribution is 5.96. The monoisotopic (exact) mass is 497 g/mol. The molecule has 6 rings (SSSR count). The molecule has 4 heterocycles. The van der Waals surface area contributed by atoms with Gasteiger partial charge in [-0.25, -0.2) is 4.79 Å². The Kier molecular flexibility index (Phi) is 5.68. The van der Waals surface area contributed by atoms with Gasteiger partial charge in [0, 0.05) is 66.5 Å². The van der Waals surface area contributed by atoms with Crippen molar-refractivity contribution >= 4 is 22.8 Å². The molecule has 0 radical (unpaired) electrons. The lowest BCUT2D eigenvalue weighted by Crippen LogP contribution is -2.49. The normalized spacial score (nSPS) is 19.9. The number of likely N-dealkylation sites (tertiary alicyclic amines) is 1. The van der Waals surface area contributed by atoms with Crippen LogP contribution in [0.4, 0.5) is 0 Å². The van der Waals surface area contributed by atoms with E-state index in [1.807, 2.05) is 56.6 Å². The third-order valence-corrected chi connectivity index (χ3v) is 7.76. The number of benzene rings is 2. The van der Waals surface area contributed by atoms with E-state index in [2.05, 4.69) is 0 Å². The van der Waals surface area contributed by atoms with Gasteiger partial charge in [-0.05, 0) is 36.1 Å². The summed E-state index contributed by atoms with van der Waals surface area (Å²) in [6, 6.07) is 19.1. The summed E-state index contributed by atoms with van der Waals surface area (Å²) in [5.74, 6) is -1.70. The molecule has 1 unspecified atom stereocenters. The van der Waals surface area contributed by atoms with E-state index in [0.29, 0.717) is 37.3 Å². The standard InChI is InChI=1S/C29H27N3O5/c33-26-8-4-7-24-21-11-19(15-32(24)26)14-31(16-21)27(29(36)37)23-17-30(13-18-5-2-1-3-6-18)25-12-20(28(34)35)9-10-22(23)25/h1-10,12,17,19,21,27H,11,13-16H2,(H,34,35)(H,36,37)/t19-,21-,27?/m1/s1. The molecule has 4 aromatic rings. The second kappa shape index (κ2) is 9.05. The number of hydrogen-bond donors (Lipinski definition) is 2. The largest absolute Gasteiger partial charge is 0.480 e. The summed E-state index contributed by atoms with van der Waals surface area (Å²) in [7, 11) is 0. The lowest BCUT2D eigenvalue weighted by molar-refractivity contribution is -0.144. The highest BCUT2D eigenvalue weighted by Crippen LogP contribution is 2.40. The molecule has 3 atom stereocenters. The van der Waals surface area contributed by atoms with Gasteiger partial charge in [0.25, 0.3) is 5.56 Å². The Bertz CT molecular complexity index is 1570. The number of piperidine rings is 1. The molecule has 37 heavy (non-hydrogen) atoms. The number of hydrogen-bond acceptors (Lipinski definition) is 4. The molecule has 0 aliphatic carbocycles. The van der Waals surface area contributed by atoms with E-state index in [9.17, 15) is 24.6 Å². The zero-order valence-corrected chi connectivity index (χ0v) is 20.2. The number of carboxylic acids is 2. The number of aromatic nitrogens is 2. The van der Waals surface area contributed by atoms with Crippen LogP contribution in [0.15, 0.2) is 77.7 Å². The molecule has 2 aromatic carbocycles. The summed E-state index contributed by atoms with van der Waals surface area (Å²) in [5.41, 5.74) is 3.50. The molecule has 1 saturated heterocycles. The molecule has 2 aromatic heterocycles. The van der Waals surface area contributed by atoms with Crippen LogP contribution in [0.25, 0.3) is 10.9 Å². The van der Waals surface area contributed by atoms with Crippen LogP contribution >= 0.6 is 0 Å². The van der Waals surface area contributed by atoms with Crippen LogP contribution < -0.4 is 5.56 Å². The van der Waals surface area contributed by atoms with E-state index < -0.39 is 18.0 Å². The third-order valence-electron chi connectivity index (χ3n) is 7.76. The van der Waals surface area contributed by atoms with E-state index in [4.69, 9.17) is 0 Å². The van der Waals surface area contributed by atoms with Gasteiger partial charge in [-0.3, -0.25) is 14.5 Å². The van der Waals surface area contributed by atoms with Crippen molar-refractivity contribution in [3.63, 3.8) is 0 Å². The van der Waals surface area contributed by atoms with Crippen molar-refractivity contribution in [2.75, 3.05) is 13.1 Å². The number of fused-ring (bicyclic) bond motifs is 5. The number of nitrogens with zero attached hydrogens (tertiary/aromatic N) is 3. The van der Waals surface area contributed by atoms with E-state index in [1.165, 1.54) is 6.07 Å². The molecular weight excluding hydrogens is 470 g/mol. The van der Waals surface area contributed by atoms with Gasteiger partial charge in [-0.15, -0.1) is 0 Å². The topological polar surface area (TPSA) is 105 Å². The highest BCUT2D eigenvalue weighted by Gasteiger charge is 2.40. The fraction of sp³-hybridized carbons (Fsp3) is 0.276. The quantitative estimate of drug-likeness (QED) is 0.420. The Labute approximate surface area is 213 Å². The fourth-order valence-corrected chi connectivity index (χ4v) is 6.21. The van der Waals surface area contributed by atoms with Crippen LogP contribution in [-0.2, 0) is 17.9 Å². The number of aliphatic carboxylic acids is 1. The van der Waals surface area contributed by atoms with Crippen LogP contribution in [-0.4, -0.2) is 49.3 Å². The zero-order chi connectivity index (χ0) is 25.7. The predicted molar refractivity (Wildman–Crippen MR) is 138 cm³/mol. The average molecular weight is 498 g/mol. The first-order valence-electron chi connectivity index (χ1n) is 12.5. The molecule has 2 bridgehead atoms. The summed E-state index contributed by atoms with van der Waals surface area (Å²) in [4.78, 5) is 39.0. The number of carboxylic acid groups (broad SMARTS) is 2. The van der Waals surface area contributed by atoms with Gasteiger partial charge in [0.15, 0.2) is 0 Å². The molecule has 8 nitrogen and oxygen atoms in total. The van der Waals surface area contributed by atoms with Gasteiger partial charge in [-0.2, -0.15) is 0 Å². The van der Waals surface area contributed by atoms with Crippen LogP contribution in [0.2, 0.25) is 0 Å². The SMILES string of the molecule is O=C(O)c1ccc2c(C(C(=O)O)N3C[C@H]4C[C@H](C3)c3cccc(=O)n3C4)cn(Cc3ccccc3)c2c1. The molecule has 2 aliphatic heterocycles. The average Bonchev–Trinajstić information content (AvgIpc) is 3.22. The van der Waals surface area contributed by atoms with Gasteiger partial charge >= 0.3 is 11.9 Å². The molecule has 188 valence electrons. The Morgan fingerprint density at radius 2 is 1.76 bits per heavy atom. The van der Waals surface area contributed by atoms with Gasteiger partial charge < -0.3 is 19.3 Å². The number of carbonyl (C=O) groups is 2. The maximum absolute atomic E-state index is 12.8. The number of aromatic carboxylic acids is 1. The summed E-state index contributed by atoms with van der Waals surface area (Å²) in [5, 5.41) is 20.8. The fourth-order valence-electron chi connectivity index (χ4n) is 6.21. The summed E-state index contributed by atoms with van der Waals surface area (Å²) >= 11 is 0. The van der Waals surface area contributed by atoms with Crippen LogP contribution in [0.3, 0.4) is 0 Å². The Balaban J connectivity index is 1.43. The van der Waals surface area contributed by atoms with Crippen LogP contribution in [0.5, 0.6) is 0 Å². The van der Waals surface area contributed by atoms with E-state index >= 15 is 0 Å². The molecule has 8 heteroatoms. The van der Waals surface area contributed by atoms with Crippen molar-refractivity contribution in [3.8, 4) is 0 Å². The summed E-state index contributed by atoms with van der Waals surface area (Å²) in [6.45, 7) is 2.20. The first kappa shape index (κ1) is 23.2. The maximum atomic E-state index is 12.8. The first-order chi connectivity index (χ1) is 17.9. The van der Waals surface area contributed by atoms with Crippen LogP contribution in [0, 0.1) is 5.92 Å². The highest BCUT2D eigenvalue weighted by atomic mass is 16.4. The van der Waals surface area contributed by atoms with Crippen molar-refractivity contribution in [2.24, 2.45) is 5.92 Å². The van der Waals surface area contributed by atoms with Gasteiger partial charge in [0.1, 0.15) is 6.04 Å². The molecule has 1 fully saturated rings. The predicted octanol–water partition coefficient (Wildman–Crippen LogP) is 3.79. The summed E-state index contributed by atoms with van der Waals surface area (Å²) in [6.07, 6.45) is 2.80. The Morgan fingerprint density at radius 3 is 2.51 bits per heavy atom. The van der Waals surface area contributed by atoms with E-state index in [0.717, 1.165) is 23.1 Å². The van der Waals surface area contributed by atoms with E-state index in [-0.39, 0.29) is 23.0 Å². The molecule has 2 N–H and O–H groups in total. The molecule has 0 spiro atoms. The second-order valence-electron chi connectivity index (χ2n) is 10.1. The van der Waals surface area contributed by atoms with Crippen molar-refractivity contribution in [3.05, 3.63) is 106 Å². The number of pyridine rings is 1. The maximum Gasteiger partial charge on any atom is 0.335 e. The molecule has 2 aliphatic rings. The van der Waals surface area contributed by atoms with Gasteiger partial charge in [-0.1, -0.05) is 42.5 Å². The second-order valence-corrected chi connectivity index (χ2v) is 10.1.